The number of hydrogen-bond donors (Lipinski definition) is 1. The van der Waals surface area contributed by atoms with E-state index in [0.717, 1.165) is 13.0 Å². The second-order valence-electron chi connectivity index (χ2n) is 3.94. The fraction of sp³-hybridized carbons (Fsp3) is 0.900. The summed E-state index contributed by atoms with van der Waals surface area (Å²) in [7, 11) is 0. The molecule has 4 heteroatoms. The number of rotatable bonds is 5. The van der Waals surface area contributed by atoms with Gasteiger partial charge < -0.3 is 9.47 Å². The average Bonchev–Trinajstić information content (AvgIpc) is 2.86. The highest BCUT2D eigenvalue weighted by Gasteiger charge is 2.25. The monoisotopic (exact) mass is 196 g/mol. The number of hydrogen-bond acceptors (Lipinski definition) is 4. The first kappa shape index (κ1) is 9.91. The Morgan fingerprint density at radius 1 is 1.50 bits per heavy atom. The predicted molar refractivity (Wildman–Crippen MR) is 50.7 cm³/mol. The van der Waals surface area contributed by atoms with Gasteiger partial charge in [0.1, 0.15) is 6.04 Å². The third kappa shape index (κ3) is 2.95. The second-order valence-corrected chi connectivity index (χ2v) is 3.94. The number of ether oxygens (including phenoxy) is 2. The highest BCUT2D eigenvalue weighted by atomic mass is 16.5. The molecule has 1 heterocycles. The van der Waals surface area contributed by atoms with Gasteiger partial charge in [0.05, 0.1) is 25.4 Å². The molecule has 1 aliphatic carbocycles. The second kappa shape index (κ2) is 4.74. The molecule has 2 atom stereocenters. The van der Waals surface area contributed by atoms with E-state index >= 15 is 0 Å². The van der Waals surface area contributed by atoms with Gasteiger partial charge in [0.2, 0.25) is 0 Å². The molecule has 0 spiro atoms. The van der Waals surface area contributed by atoms with E-state index in [4.69, 9.17) is 14.7 Å². The molecule has 14 heavy (non-hydrogen) atoms. The number of nitrogens with one attached hydrogen (secondary N) is 1. The van der Waals surface area contributed by atoms with Crippen molar-refractivity contribution in [3.63, 3.8) is 0 Å². The number of nitrogens with zero attached hydrogens (tertiary/aromatic N) is 1. The van der Waals surface area contributed by atoms with Crippen LogP contribution in [0.15, 0.2) is 0 Å². The lowest BCUT2D eigenvalue weighted by Gasteiger charge is -2.14. The lowest BCUT2D eigenvalue weighted by molar-refractivity contribution is 0.0367. The third-order valence-corrected chi connectivity index (χ3v) is 2.56. The van der Waals surface area contributed by atoms with Crippen LogP contribution < -0.4 is 5.32 Å². The van der Waals surface area contributed by atoms with Crippen LogP contribution >= 0.6 is 0 Å². The molecule has 0 bridgehead atoms. The van der Waals surface area contributed by atoms with Crippen LogP contribution in [0.1, 0.15) is 19.3 Å². The summed E-state index contributed by atoms with van der Waals surface area (Å²) < 4.78 is 10.8. The molecule has 78 valence electrons. The Balaban J connectivity index is 1.63. The lowest BCUT2D eigenvalue weighted by Crippen LogP contribution is -2.35. The van der Waals surface area contributed by atoms with Crippen molar-refractivity contribution in [1.82, 2.24) is 5.32 Å². The molecule has 2 aliphatic rings. The van der Waals surface area contributed by atoms with Crippen LogP contribution in [0.5, 0.6) is 0 Å². The molecule has 1 saturated carbocycles. The third-order valence-electron chi connectivity index (χ3n) is 2.56. The van der Waals surface area contributed by atoms with Gasteiger partial charge in [0.15, 0.2) is 0 Å². The molecule has 2 fully saturated rings. The fourth-order valence-electron chi connectivity index (χ4n) is 1.53. The predicted octanol–water partition coefficient (Wildman–Crippen LogP) is 0.436. The van der Waals surface area contributed by atoms with Crippen molar-refractivity contribution >= 4 is 0 Å². The Bertz CT molecular complexity index is 217. The molecule has 4 nitrogen and oxygen atoms in total. The van der Waals surface area contributed by atoms with Gasteiger partial charge in [-0.15, -0.1) is 0 Å². The molecule has 0 aromatic carbocycles. The summed E-state index contributed by atoms with van der Waals surface area (Å²) in [5, 5.41) is 12.1. The van der Waals surface area contributed by atoms with Crippen molar-refractivity contribution in [3.8, 4) is 6.07 Å². The topological polar surface area (TPSA) is 54.3 Å². The Morgan fingerprint density at radius 2 is 2.36 bits per heavy atom. The molecule has 2 rings (SSSR count). The molecule has 1 saturated heterocycles. The van der Waals surface area contributed by atoms with Crippen LogP contribution in [-0.2, 0) is 9.47 Å². The van der Waals surface area contributed by atoms with Crippen LogP contribution in [0, 0.1) is 11.3 Å². The highest BCUT2D eigenvalue weighted by molar-refractivity contribution is 4.95. The van der Waals surface area contributed by atoms with Crippen molar-refractivity contribution in [2.24, 2.45) is 0 Å². The van der Waals surface area contributed by atoms with Crippen molar-refractivity contribution in [2.75, 3.05) is 19.8 Å². The SMILES string of the molecule is N#CC(COC1CCOC1)NC1CC1. The summed E-state index contributed by atoms with van der Waals surface area (Å²) in [6, 6.07) is 2.63. The normalized spacial score (nSPS) is 28.6. The van der Waals surface area contributed by atoms with Crippen LogP contribution in [0.4, 0.5) is 0 Å². The molecule has 0 aromatic rings. The largest absolute Gasteiger partial charge is 0.379 e. The van der Waals surface area contributed by atoms with Gasteiger partial charge in [0, 0.05) is 12.6 Å². The van der Waals surface area contributed by atoms with Gasteiger partial charge in [-0.25, -0.2) is 0 Å². The van der Waals surface area contributed by atoms with Gasteiger partial charge in [-0.05, 0) is 19.3 Å². The first-order valence-electron chi connectivity index (χ1n) is 5.23. The first-order chi connectivity index (χ1) is 6.88. The molecule has 0 amide bonds. The van der Waals surface area contributed by atoms with Gasteiger partial charge in [0.25, 0.3) is 0 Å². The molecule has 0 aromatic heterocycles. The minimum atomic E-state index is -0.150. The number of nitriles is 1. The molecule has 0 radical (unpaired) electrons. The minimum Gasteiger partial charge on any atom is -0.379 e. The van der Waals surface area contributed by atoms with Crippen LogP contribution in [0.25, 0.3) is 0 Å². The summed E-state index contributed by atoms with van der Waals surface area (Å²) in [5.41, 5.74) is 0. The molecular formula is C10H16N2O2. The Hall–Kier alpha value is -0.630. The highest BCUT2D eigenvalue weighted by Crippen LogP contribution is 2.19. The van der Waals surface area contributed by atoms with Crippen LogP contribution in [0.3, 0.4) is 0 Å². The van der Waals surface area contributed by atoms with Crippen molar-refractivity contribution in [3.05, 3.63) is 0 Å². The maximum atomic E-state index is 8.85. The summed E-state index contributed by atoms with van der Waals surface area (Å²) in [6.07, 6.45) is 3.56. The molecule has 1 N–H and O–H groups in total. The van der Waals surface area contributed by atoms with Gasteiger partial charge in [-0.1, -0.05) is 0 Å². The van der Waals surface area contributed by atoms with Crippen molar-refractivity contribution < 1.29 is 9.47 Å². The maximum Gasteiger partial charge on any atom is 0.119 e. The van der Waals surface area contributed by atoms with E-state index in [1.165, 1.54) is 12.8 Å². The standard InChI is InChI=1S/C10H16N2O2/c11-5-9(12-8-1-2-8)6-14-10-3-4-13-7-10/h8-10,12H,1-4,6-7H2. The summed E-state index contributed by atoms with van der Waals surface area (Å²) >= 11 is 0. The van der Waals surface area contributed by atoms with E-state index in [1.54, 1.807) is 0 Å². The molecule has 1 aliphatic heterocycles. The van der Waals surface area contributed by atoms with Gasteiger partial charge >= 0.3 is 0 Å². The first-order valence-corrected chi connectivity index (χ1v) is 5.23. The zero-order valence-electron chi connectivity index (χ0n) is 8.24. The lowest BCUT2D eigenvalue weighted by atomic mass is 10.3. The van der Waals surface area contributed by atoms with E-state index < -0.39 is 0 Å². The molecular weight excluding hydrogens is 180 g/mol. The van der Waals surface area contributed by atoms with Gasteiger partial charge in [-0.3, -0.25) is 5.32 Å². The summed E-state index contributed by atoms with van der Waals surface area (Å²) in [4.78, 5) is 0. The van der Waals surface area contributed by atoms with Crippen LogP contribution in [0.2, 0.25) is 0 Å². The Morgan fingerprint density at radius 3 is 2.93 bits per heavy atom. The Kier molecular flexibility index (Phi) is 3.35. The minimum absolute atomic E-state index is 0.150. The average molecular weight is 196 g/mol. The maximum absolute atomic E-state index is 8.85. The van der Waals surface area contributed by atoms with E-state index in [0.29, 0.717) is 19.3 Å². The summed E-state index contributed by atoms with van der Waals surface area (Å²) in [6.45, 7) is 1.96. The zero-order chi connectivity index (χ0) is 9.80. The van der Waals surface area contributed by atoms with E-state index in [9.17, 15) is 0 Å². The van der Waals surface area contributed by atoms with Crippen LogP contribution in [-0.4, -0.2) is 38.0 Å². The summed E-state index contributed by atoms with van der Waals surface area (Å²) in [5.74, 6) is 0. The smallest absolute Gasteiger partial charge is 0.119 e. The van der Waals surface area contributed by atoms with Crippen molar-refractivity contribution in [1.29, 1.82) is 5.26 Å². The Labute approximate surface area is 84.2 Å². The van der Waals surface area contributed by atoms with E-state index in [2.05, 4.69) is 11.4 Å². The van der Waals surface area contributed by atoms with E-state index in [-0.39, 0.29) is 12.1 Å². The molecule has 2 unspecified atom stereocenters. The van der Waals surface area contributed by atoms with Crippen molar-refractivity contribution in [2.45, 2.75) is 37.5 Å². The van der Waals surface area contributed by atoms with E-state index in [1.807, 2.05) is 0 Å². The van der Waals surface area contributed by atoms with Gasteiger partial charge in [-0.2, -0.15) is 5.26 Å². The quantitative estimate of drug-likeness (QED) is 0.693. The fourth-order valence-corrected chi connectivity index (χ4v) is 1.53. The zero-order valence-corrected chi connectivity index (χ0v) is 8.24.